The van der Waals surface area contributed by atoms with E-state index in [0.29, 0.717) is 19.6 Å². The van der Waals surface area contributed by atoms with Crippen molar-refractivity contribution in [3.05, 3.63) is 17.7 Å². The van der Waals surface area contributed by atoms with Gasteiger partial charge in [0.25, 0.3) is 0 Å². The zero-order valence-corrected chi connectivity index (χ0v) is 11.8. The van der Waals surface area contributed by atoms with Crippen LogP contribution >= 0.6 is 0 Å². The van der Waals surface area contributed by atoms with E-state index in [-0.39, 0.29) is 29.5 Å². The molecule has 21 heavy (non-hydrogen) atoms. The van der Waals surface area contributed by atoms with Gasteiger partial charge in [-0.15, -0.1) is 0 Å². The van der Waals surface area contributed by atoms with E-state index in [1.54, 1.807) is 4.90 Å². The smallest absolute Gasteiger partial charge is 0.225 e. The Morgan fingerprint density at radius 2 is 2.29 bits per heavy atom. The molecule has 0 aliphatic carbocycles. The van der Waals surface area contributed by atoms with Crippen molar-refractivity contribution in [2.75, 3.05) is 29.9 Å². The molecule has 2 aliphatic heterocycles. The number of pyridine rings is 1. The van der Waals surface area contributed by atoms with Gasteiger partial charge in [-0.05, 0) is 19.8 Å². The average Bonchev–Trinajstić information content (AvgIpc) is 2.84. The van der Waals surface area contributed by atoms with Gasteiger partial charge in [0, 0.05) is 25.7 Å². The first-order valence-electron chi connectivity index (χ1n) is 7.26. The number of piperidine rings is 1. The van der Waals surface area contributed by atoms with Crippen LogP contribution in [0.5, 0.6) is 0 Å². The summed E-state index contributed by atoms with van der Waals surface area (Å²) in [7, 11) is 0. The SMILES string of the molecule is CCNc1nc(N2CCCC3C(=O)NCC32)c(F)cc1F. The lowest BCUT2D eigenvalue weighted by molar-refractivity contribution is -0.123. The predicted octanol–water partition coefficient (Wildman–Crippen LogP) is 1.51. The maximum absolute atomic E-state index is 14.1. The van der Waals surface area contributed by atoms with Gasteiger partial charge in [-0.1, -0.05) is 0 Å². The zero-order valence-electron chi connectivity index (χ0n) is 11.8. The number of nitrogens with one attached hydrogen (secondary N) is 2. The third kappa shape index (κ3) is 2.41. The van der Waals surface area contributed by atoms with Gasteiger partial charge in [-0.2, -0.15) is 0 Å². The molecule has 0 radical (unpaired) electrons. The highest BCUT2D eigenvalue weighted by Gasteiger charge is 2.42. The molecule has 0 bridgehead atoms. The highest BCUT2D eigenvalue weighted by atomic mass is 19.1. The number of anilines is 2. The van der Waals surface area contributed by atoms with Crippen molar-refractivity contribution in [3.8, 4) is 0 Å². The number of hydrogen-bond donors (Lipinski definition) is 2. The second kappa shape index (κ2) is 5.46. The molecule has 114 valence electrons. The number of carbonyl (C=O) groups excluding carboxylic acids is 1. The second-order valence-electron chi connectivity index (χ2n) is 5.41. The standard InChI is InChI=1S/C14H18F2N4O/c1-2-17-12-9(15)6-10(16)13(19-12)20-5-3-4-8-11(20)7-18-14(8)21/h6,8,11H,2-5,7H2,1H3,(H,17,19)(H,18,21). The molecule has 2 unspecified atom stereocenters. The summed E-state index contributed by atoms with van der Waals surface area (Å²) in [5.41, 5.74) is 0. The summed E-state index contributed by atoms with van der Waals surface area (Å²) in [5, 5.41) is 5.60. The van der Waals surface area contributed by atoms with Crippen molar-refractivity contribution in [1.82, 2.24) is 10.3 Å². The second-order valence-corrected chi connectivity index (χ2v) is 5.41. The Bertz CT molecular complexity index is 566. The molecule has 5 nitrogen and oxygen atoms in total. The number of hydrogen-bond acceptors (Lipinski definition) is 4. The molecular formula is C14H18F2N4O. The quantitative estimate of drug-likeness (QED) is 0.887. The van der Waals surface area contributed by atoms with Crippen molar-refractivity contribution < 1.29 is 13.6 Å². The Morgan fingerprint density at radius 3 is 3.05 bits per heavy atom. The summed E-state index contributed by atoms with van der Waals surface area (Å²) >= 11 is 0. The van der Waals surface area contributed by atoms with Crippen LogP contribution in [0.4, 0.5) is 20.4 Å². The number of carbonyl (C=O) groups is 1. The minimum absolute atomic E-state index is 0.0131. The van der Waals surface area contributed by atoms with Crippen LogP contribution in [-0.4, -0.2) is 36.6 Å². The summed E-state index contributed by atoms with van der Waals surface area (Å²) in [4.78, 5) is 17.7. The molecule has 1 aromatic heterocycles. The highest BCUT2D eigenvalue weighted by molar-refractivity contribution is 5.83. The van der Waals surface area contributed by atoms with E-state index in [0.717, 1.165) is 18.9 Å². The van der Waals surface area contributed by atoms with Crippen molar-refractivity contribution in [2.24, 2.45) is 5.92 Å². The fourth-order valence-electron chi connectivity index (χ4n) is 3.16. The Labute approximate surface area is 121 Å². The monoisotopic (exact) mass is 296 g/mol. The van der Waals surface area contributed by atoms with Crippen LogP contribution in [-0.2, 0) is 4.79 Å². The molecule has 3 rings (SSSR count). The number of nitrogens with zero attached hydrogens (tertiary/aromatic N) is 2. The van der Waals surface area contributed by atoms with Gasteiger partial charge < -0.3 is 15.5 Å². The highest BCUT2D eigenvalue weighted by Crippen LogP contribution is 2.33. The molecule has 2 saturated heterocycles. The molecule has 0 saturated carbocycles. The van der Waals surface area contributed by atoms with Crippen molar-refractivity contribution in [3.63, 3.8) is 0 Å². The minimum Gasteiger partial charge on any atom is -0.368 e. The molecule has 3 heterocycles. The van der Waals surface area contributed by atoms with Gasteiger partial charge in [0.2, 0.25) is 5.91 Å². The van der Waals surface area contributed by atoms with Crippen LogP contribution in [0, 0.1) is 17.6 Å². The van der Waals surface area contributed by atoms with Gasteiger partial charge in [-0.25, -0.2) is 13.8 Å². The van der Waals surface area contributed by atoms with Gasteiger partial charge in [0.1, 0.15) is 0 Å². The average molecular weight is 296 g/mol. The van der Waals surface area contributed by atoms with E-state index < -0.39 is 11.6 Å². The maximum Gasteiger partial charge on any atom is 0.225 e. The van der Waals surface area contributed by atoms with E-state index in [1.807, 2.05) is 6.92 Å². The van der Waals surface area contributed by atoms with Crippen LogP contribution < -0.4 is 15.5 Å². The normalized spacial score (nSPS) is 24.7. The van der Waals surface area contributed by atoms with Crippen molar-refractivity contribution in [2.45, 2.75) is 25.8 Å². The number of halogens is 2. The molecule has 0 spiro atoms. The molecule has 1 aromatic rings. The Balaban J connectivity index is 1.95. The number of rotatable bonds is 3. The Hall–Kier alpha value is -1.92. The van der Waals surface area contributed by atoms with E-state index in [4.69, 9.17) is 0 Å². The largest absolute Gasteiger partial charge is 0.368 e. The van der Waals surface area contributed by atoms with Crippen molar-refractivity contribution >= 4 is 17.5 Å². The number of aromatic nitrogens is 1. The summed E-state index contributed by atoms with van der Waals surface area (Å²) in [6.45, 7) is 3.43. The summed E-state index contributed by atoms with van der Waals surface area (Å²) in [6, 6.07) is 0.752. The lowest BCUT2D eigenvalue weighted by atomic mass is 9.91. The molecule has 2 N–H and O–H groups in total. The van der Waals surface area contributed by atoms with E-state index in [2.05, 4.69) is 15.6 Å². The number of amides is 1. The van der Waals surface area contributed by atoms with E-state index >= 15 is 0 Å². The summed E-state index contributed by atoms with van der Waals surface area (Å²) in [6.07, 6.45) is 1.60. The Morgan fingerprint density at radius 1 is 1.48 bits per heavy atom. The molecular weight excluding hydrogens is 278 g/mol. The summed E-state index contributed by atoms with van der Waals surface area (Å²) in [5.74, 6) is -1.33. The van der Waals surface area contributed by atoms with Crippen LogP contribution in [0.15, 0.2) is 6.07 Å². The van der Waals surface area contributed by atoms with E-state index in [9.17, 15) is 13.6 Å². The third-order valence-electron chi connectivity index (χ3n) is 4.13. The molecule has 2 aliphatic rings. The predicted molar refractivity (Wildman–Crippen MR) is 75.2 cm³/mol. The first-order chi connectivity index (χ1) is 10.1. The van der Waals surface area contributed by atoms with Crippen LogP contribution in [0.25, 0.3) is 0 Å². The lowest BCUT2D eigenvalue weighted by Gasteiger charge is -2.37. The third-order valence-corrected chi connectivity index (χ3v) is 4.13. The molecule has 7 heteroatoms. The molecule has 2 atom stereocenters. The summed E-state index contributed by atoms with van der Waals surface area (Å²) < 4.78 is 27.8. The van der Waals surface area contributed by atoms with Gasteiger partial charge in [0.15, 0.2) is 23.3 Å². The Kier molecular flexibility index (Phi) is 3.65. The maximum atomic E-state index is 14.1. The molecule has 1 amide bonds. The number of fused-ring (bicyclic) bond motifs is 1. The molecule has 0 aromatic carbocycles. The fourth-order valence-corrected chi connectivity index (χ4v) is 3.16. The first-order valence-corrected chi connectivity index (χ1v) is 7.26. The van der Waals surface area contributed by atoms with Gasteiger partial charge >= 0.3 is 0 Å². The van der Waals surface area contributed by atoms with E-state index in [1.165, 1.54) is 0 Å². The van der Waals surface area contributed by atoms with Crippen LogP contribution in [0.3, 0.4) is 0 Å². The van der Waals surface area contributed by atoms with Gasteiger partial charge in [0.05, 0.1) is 12.0 Å². The topological polar surface area (TPSA) is 57.3 Å². The van der Waals surface area contributed by atoms with Gasteiger partial charge in [-0.3, -0.25) is 4.79 Å². The zero-order chi connectivity index (χ0) is 15.0. The first kappa shape index (κ1) is 14.0. The fraction of sp³-hybridized carbons (Fsp3) is 0.571. The van der Waals surface area contributed by atoms with Crippen LogP contribution in [0.1, 0.15) is 19.8 Å². The van der Waals surface area contributed by atoms with Crippen LogP contribution in [0.2, 0.25) is 0 Å². The van der Waals surface area contributed by atoms with Crippen molar-refractivity contribution in [1.29, 1.82) is 0 Å². The lowest BCUT2D eigenvalue weighted by Crippen LogP contribution is -2.46. The minimum atomic E-state index is -0.702. The molecule has 2 fully saturated rings.